The molecule has 1 atom stereocenters. The van der Waals surface area contributed by atoms with E-state index in [1.807, 2.05) is 37.3 Å². The van der Waals surface area contributed by atoms with Gasteiger partial charge in [-0.25, -0.2) is 9.78 Å². The Morgan fingerprint density at radius 1 is 1.32 bits per heavy atom. The number of nitrogens with zero attached hydrogens (tertiary/aromatic N) is 1. The lowest BCUT2D eigenvalue weighted by atomic mass is 10.0. The molecule has 4 nitrogen and oxygen atoms in total. The number of unbranched alkanes of at least 4 members (excludes halogenated alkanes) is 2. The van der Waals surface area contributed by atoms with E-state index in [-0.39, 0.29) is 12.1 Å². The molecule has 0 spiro atoms. The van der Waals surface area contributed by atoms with Crippen LogP contribution in [0.1, 0.15) is 48.4 Å². The van der Waals surface area contributed by atoms with Gasteiger partial charge in [-0.05, 0) is 18.9 Å². The quantitative estimate of drug-likeness (QED) is 0.767. The monoisotopic (exact) mass is 318 g/mol. The summed E-state index contributed by atoms with van der Waals surface area (Å²) in [5, 5.41) is 2.96. The van der Waals surface area contributed by atoms with Crippen molar-refractivity contribution in [3.8, 4) is 0 Å². The number of alkyl carbamates (subject to hydrolysis) is 1. The summed E-state index contributed by atoms with van der Waals surface area (Å²) in [6.45, 7) is 4.54. The summed E-state index contributed by atoms with van der Waals surface area (Å²) in [5.74, 6) is 0. The van der Waals surface area contributed by atoms with Crippen LogP contribution >= 0.6 is 11.3 Å². The predicted octanol–water partition coefficient (Wildman–Crippen LogP) is 4.46. The molecule has 0 aliphatic carbocycles. The van der Waals surface area contributed by atoms with Crippen molar-refractivity contribution < 1.29 is 9.53 Å². The number of carbonyl (C=O) groups excluding carboxylic acids is 1. The minimum atomic E-state index is -0.377. The lowest BCUT2D eigenvalue weighted by molar-refractivity contribution is 0.141. The number of thiazole rings is 1. The zero-order chi connectivity index (χ0) is 15.8. The molecule has 1 amide bonds. The molecule has 1 unspecified atom stereocenters. The van der Waals surface area contributed by atoms with Crippen LogP contribution in [0.3, 0.4) is 0 Å². The fraction of sp³-hybridized carbons (Fsp3) is 0.412. The fourth-order valence-corrected chi connectivity index (χ4v) is 3.09. The average Bonchev–Trinajstić information content (AvgIpc) is 2.96. The van der Waals surface area contributed by atoms with Crippen molar-refractivity contribution in [2.75, 3.05) is 6.61 Å². The Morgan fingerprint density at radius 2 is 2.09 bits per heavy atom. The number of nitrogens with one attached hydrogen (secondary N) is 1. The van der Waals surface area contributed by atoms with E-state index in [0.717, 1.165) is 35.4 Å². The molecule has 0 aliphatic heterocycles. The summed E-state index contributed by atoms with van der Waals surface area (Å²) >= 11 is 1.55. The number of aryl methyl sites for hydroxylation is 1. The van der Waals surface area contributed by atoms with Gasteiger partial charge in [-0.15, -0.1) is 11.3 Å². The Labute approximate surface area is 135 Å². The third kappa shape index (κ3) is 4.56. The van der Waals surface area contributed by atoms with Crippen molar-refractivity contribution in [3.05, 3.63) is 52.0 Å². The molecule has 5 heteroatoms. The number of aromatic nitrogens is 1. The Kier molecular flexibility index (Phi) is 6.40. The van der Waals surface area contributed by atoms with E-state index in [1.165, 1.54) is 0 Å². The maximum absolute atomic E-state index is 12.0. The van der Waals surface area contributed by atoms with Gasteiger partial charge in [0.05, 0.1) is 28.7 Å². The highest BCUT2D eigenvalue weighted by molar-refractivity contribution is 7.09. The highest BCUT2D eigenvalue weighted by Crippen LogP contribution is 2.27. The normalized spacial score (nSPS) is 11.9. The zero-order valence-corrected chi connectivity index (χ0v) is 13.9. The number of benzene rings is 1. The van der Waals surface area contributed by atoms with Crippen molar-refractivity contribution in [2.24, 2.45) is 0 Å². The van der Waals surface area contributed by atoms with Crippen molar-refractivity contribution in [2.45, 2.75) is 39.2 Å². The van der Waals surface area contributed by atoms with E-state index in [2.05, 4.69) is 17.2 Å². The van der Waals surface area contributed by atoms with Crippen LogP contribution in [-0.2, 0) is 4.74 Å². The maximum atomic E-state index is 12.0. The molecule has 0 radical (unpaired) electrons. The van der Waals surface area contributed by atoms with E-state index in [4.69, 9.17) is 4.74 Å². The van der Waals surface area contributed by atoms with Crippen molar-refractivity contribution in [1.29, 1.82) is 0 Å². The summed E-state index contributed by atoms with van der Waals surface area (Å²) in [7, 11) is 0. The molecule has 1 heterocycles. The molecule has 2 aromatic rings. The van der Waals surface area contributed by atoms with Gasteiger partial charge in [-0.1, -0.05) is 50.1 Å². The largest absolute Gasteiger partial charge is 0.450 e. The van der Waals surface area contributed by atoms with Crippen LogP contribution in [0.25, 0.3) is 0 Å². The second-order valence-corrected chi connectivity index (χ2v) is 6.02. The Hall–Kier alpha value is -1.88. The minimum Gasteiger partial charge on any atom is -0.450 e. The Morgan fingerprint density at radius 3 is 2.73 bits per heavy atom. The van der Waals surface area contributed by atoms with Gasteiger partial charge >= 0.3 is 6.09 Å². The molecule has 118 valence electrons. The van der Waals surface area contributed by atoms with Crippen LogP contribution in [-0.4, -0.2) is 17.7 Å². The van der Waals surface area contributed by atoms with Crippen LogP contribution < -0.4 is 5.32 Å². The van der Waals surface area contributed by atoms with Crippen molar-refractivity contribution in [1.82, 2.24) is 10.3 Å². The third-order valence-corrected chi connectivity index (χ3v) is 4.42. The molecule has 1 aromatic heterocycles. The van der Waals surface area contributed by atoms with Crippen LogP contribution in [0.5, 0.6) is 0 Å². The number of hydrogen-bond donors (Lipinski definition) is 1. The molecule has 0 aliphatic rings. The first-order valence-electron chi connectivity index (χ1n) is 7.60. The number of ether oxygens (including phenoxy) is 1. The van der Waals surface area contributed by atoms with Crippen LogP contribution in [0.4, 0.5) is 4.79 Å². The van der Waals surface area contributed by atoms with Gasteiger partial charge in [0, 0.05) is 0 Å². The molecule has 0 fully saturated rings. The molecule has 2 rings (SSSR count). The summed E-state index contributed by atoms with van der Waals surface area (Å²) in [5.41, 5.74) is 3.76. The summed E-state index contributed by atoms with van der Waals surface area (Å²) in [4.78, 5) is 17.4. The number of rotatable bonds is 7. The van der Waals surface area contributed by atoms with E-state index in [0.29, 0.717) is 6.61 Å². The number of amides is 1. The molecular formula is C17H22N2O2S. The molecule has 1 aromatic carbocycles. The Balaban J connectivity index is 2.06. The van der Waals surface area contributed by atoms with Gasteiger partial charge in [0.1, 0.15) is 0 Å². The van der Waals surface area contributed by atoms with Gasteiger partial charge in [0.25, 0.3) is 0 Å². The third-order valence-electron chi connectivity index (χ3n) is 3.42. The lowest BCUT2D eigenvalue weighted by Gasteiger charge is -2.18. The van der Waals surface area contributed by atoms with Crippen molar-refractivity contribution >= 4 is 17.4 Å². The standard InChI is InChI=1S/C17H22N2O2S/c1-3-4-8-11-21-17(20)19-15(14-9-6-5-7-10-14)16-13(2)18-12-22-16/h5-7,9-10,12,15H,3-4,8,11H2,1-2H3,(H,19,20). The first kappa shape index (κ1) is 16.5. The van der Waals surface area contributed by atoms with Gasteiger partial charge in [0.15, 0.2) is 0 Å². The van der Waals surface area contributed by atoms with E-state index >= 15 is 0 Å². The smallest absolute Gasteiger partial charge is 0.407 e. The lowest BCUT2D eigenvalue weighted by Crippen LogP contribution is -2.30. The Bertz CT molecular complexity index is 583. The minimum absolute atomic E-state index is 0.215. The van der Waals surface area contributed by atoms with Gasteiger partial charge in [0.2, 0.25) is 0 Å². The molecular weight excluding hydrogens is 296 g/mol. The van der Waals surface area contributed by atoms with Gasteiger partial charge in [-0.3, -0.25) is 0 Å². The van der Waals surface area contributed by atoms with Gasteiger partial charge < -0.3 is 10.1 Å². The average molecular weight is 318 g/mol. The second-order valence-electron chi connectivity index (χ2n) is 5.13. The maximum Gasteiger partial charge on any atom is 0.407 e. The van der Waals surface area contributed by atoms with E-state index < -0.39 is 0 Å². The summed E-state index contributed by atoms with van der Waals surface area (Å²) in [6.07, 6.45) is 2.71. The summed E-state index contributed by atoms with van der Waals surface area (Å²) < 4.78 is 5.27. The molecule has 1 N–H and O–H groups in total. The first-order chi connectivity index (χ1) is 10.7. The fourth-order valence-electron chi connectivity index (χ4n) is 2.21. The van der Waals surface area contributed by atoms with Crippen LogP contribution in [0.15, 0.2) is 35.8 Å². The highest BCUT2D eigenvalue weighted by Gasteiger charge is 2.21. The van der Waals surface area contributed by atoms with Crippen molar-refractivity contribution in [3.63, 3.8) is 0 Å². The molecule has 0 saturated heterocycles. The van der Waals surface area contributed by atoms with Crippen LogP contribution in [0.2, 0.25) is 0 Å². The predicted molar refractivity (Wildman–Crippen MR) is 89.1 cm³/mol. The summed E-state index contributed by atoms with van der Waals surface area (Å²) in [6, 6.07) is 9.68. The van der Waals surface area contributed by atoms with Gasteiger partial charge in [-0.2, -0.15) is 0 Å². The second kappa shape index (κ2) is 8.54. The van der Waals surface area contributed by atoms with E-state index in [1.54, 1.807) is 16.8 Å². The van der Waals surface area contributed by atoms with E-state index in [9.17, 15) is 4.79 Å². The molecule has 22 heavy (non-hydrogen) atoms. The first-order valence-corrected chi connectivity index (χ1v) is 8.48. The number of carbonyl (C=O) groups is 1. The molecule has 0 bridgehead atoms. The number of hydrogen-bond acceptors (Lipinski definition) is 4. The topological polar surface area (TPSA) is 51.2 Å². The zero-order valence-electron chi connectivity index (χ0n) is 13.0. The SMILES string of the molecule is CCCCCOC(=O)NC(c1ccccc1)c1scnc1C. The van der Waals surface area contributed by atoms with Crippen LogP contribution in [0, 0.1) is 6.92 Å². The highest BCUT2D eigenvalue weighted by atomic mass is 32.1. The molecule has 0 saturated carbocycles.